The molecule has 0 atom stereocenters. The first-order valence-corrected chi connectivity index (χ1v) is 5.17. The highest BCUT2D eigenvalue weighted by Crippen LogP contribution is 2.19. The Morgan fingerprint density at radius 1 is 1.16 bits per heavy atom. The zero-order valence-electron chi connectivity index (χ0n) is 9.81. The fourth-order valence-electron chi connectivity index (χ4n) is 1.32. The molecule has 0 N–H and O–H groups in total. The molecule has 0 spiro atoms. The summed E-state index contributed by atoms with van der Waals surface area (Å²) in [4.78, 5) is 0. The summed E-state index contributed by atoms with van der Waals surface area (Å²) in [6, 6.07) is 3.29. The van der Waals surface area contributed by atoms with Gasteiger partial charge in [0.2, 0.25) is 0 Å². The lowest BCUT2D eigenvalue weighted by molar-refractivity contribution is -0.186. The minimum atomic E-state index is -5.31. The Morgan fingerprint density at radius 3 is 2.32 bits per heavy atom. The summed E-state index contributed by atoms with van der Waals surface area (Å²) in [7, 11) is 0. The normalized spacial score (nSPS) is 12.6. The van der Waals surface area contributed by atoms with Gasteiger partial charge in [-0.15, -0.1) is 0 Å². The number of alkyl halides is 3. The quantitative estimate of drug-likeness (QED) is 0.359. The number of hydrogen-bond acceptors (Lipinski definition) is 2. The Hall–Kier alpha value is -1.38. The van der Waals surface area contributed by atoms with E-state index in [4.69, 9.17) is 0 Å². The van der Waals surface area contributed by atoms with E-state index in [2.05, 4.69) is 9.47 Å². The molecule has 0 unspecified atom stereocenters. The molecule has 0 aliphatic heterocycles. The standard InChI is InChI=1S/C10H10BF6O2/c1-7-2-3-9(8(4-7)11(15,16)17)19-6-18-5-10(12,13)14/h2-4H,5-6H2,1H3/q-1. The lowest BCUT2D eigenvalue weighted by Gasteiger charge is -2.20. The molecule has 9 heteroatoms. The zero-order chi connectivity index (χ0) is 14.7. The van der Waals surface area contributed by atoms with Crippen molar-refractivity contribution < 1.29 is 35.6 Å². The van der Waals surface area contributed by atoms with Crippen LogP contribution in [0.15, 0.2) is 18.2 Å². The van der Waals surface area contributed by atoms with Crippen LogP contribution in [-0.4, -0.2) is 26.6 Å². The average molecular weight is 287 g/mol. The Balaban J connectivity index is 2.68. The number of ether oxygens (including phenoxy) is 2. The van der Waals surface area contributed by atoms with Gasteiger partial charge in [0.25, 0.3) is 0 Å². The number of benzene rings is 1. The van der Waals surface area contributed by atoms with E-state index in [0.717, 1.165) is 12.1 Å². The van der Waals surface area contributed by atoms with Crippen LogP contribution in [0.2, 0.25) is 0 Å². The van der Waals surface area contributed by atoms with Crippen LogP contribution >= 0.6 is 0 Å². The molecule has 0 aliphatic rings. The third-order valence-corrected chi connectivity index (χ3v) is 2.08. The van der Waals surface area contributed by atoms with Gasteiger partial charge in [-0.3, -0.25) is 0 Å². The van der Waals surface area contributed by atoms with E-state index in [1.165, 1.54) is 13.0 Å². The summed E-state index contributed by atoms with van der Waals surface area (Å²) in [5, 5.41) is 0. The summed E-state index contributed by atoms with van der Waals surface area (Å²) in [5.74, 6) is -0.541. The van der Waals surface area contributed by atoms with E-state index in [1.807, 2.05) is 0 Å². The average Bonchev–Trinajstić information content (AvgIpc) is 2.23. The van der Waals surface area contributed by atoms with Crippen LogP contribution in [-0.2, 0) is 4.74 Å². The Bertz CT molecular complexity index is 429. The van der Waals surface area contributed by atoms with Gasteiger partial charge in [-0.2, -0.15) is 13.2 Å². The summed E-state index contributed by atoms with van der Waals surface area (Å²) in [6.07, 6.45) is -4.55. The monoisotopic (exact) mass is 287 g/mol. The van der Waals surface area contributed by atoms with Gasteiger partial charge in [-0.05, 0) is 13.0 Å². The van der Waals surface area contributed by atoms with Crippen LogP contribution in [0.3, 0.4) is 0 Å². The predicted molar refractivity (Wildman–Crippen MR) is 57.4 cm³/mol. The predicted octanol–water partition coefficient (Wildman–Crippen LogP) is 2.96. The largest absolute Gasteiger partial charge is 0.513 e. The molecular weight excluding hydrogens is 277 g/mol. The van der Waals surface area contributed by atoms with Crippen molar-refractivity contribution in [3.8, 4) is 5.75 Å². The molecule has 1 aromatic rings. The van der Waals surface area contributed by atoms with Crippen molar-refractivity contribution in [3.05, 3.63) is 23.8 Å². The SMILES string of the molecule is Cc1ccc(OCOCC(F)(F)F)c([B-](F)(F)F)c1. The molecule has 0 aromatic heterocycles. The van der Waals surface area contributed by atoms with Crippen LogP contribution < -0.4 is 10.2 Å². The maximum absolute atomic E-state index is 12.7. The maximum atomic E-state index is 12.7. The third kappa shape index (κ3) is 5.42. The molecule has 108 valence electrons. The van der Waals surface area contributed by atoms with Crippen LogP contribution in [0, 0.1) is 6.92 Å². The van der Waals surface area contributed by atoms with Crippen molar-refractivity contribution in [3.63, 3.8) is 0 Å². The molecule has 0 bridgehead atoms. The van der Waals surface area contributed by atoms with Crippen molar-refractivity contribution in [2.45, 2.75) is 13.1 Å². The summed E-state index contributed by atoms with van der Waals surface area (Å²) < 4.78 is 82.0. The van der Waals surface area contributed by atoms with Gasteiger partial charge >= 0.3 is 13.2 Å². The third-order valence-electron chi connectivity index (χ3n) is 2.08. The minimum Gasteiger partial charge on any atom is -0.471 e. The Kier molecular flexibility index (Phi) is 4.73. The van der Waals surface area contributed by atoms with Crippen molar-refractivity contribution in [2.24, 2.45) is 0 Å². The van der Waals surface area contributed by atoms with Gasteiger partial charge in [0.15, 0.2) is 6.79 Å². The molecule has 0 saturated carbocycles. The molecule has 0 amide bonds. The van der Waals surface area contributed by atoms with E-state index >= 15 is 0 Å². The number of hydrogen-bond donors (Lipinski definition) is 0. The van der Waals surface area contributed by atoms with Crippen molar-refractivity contribution in [2.75, 3.05) is 13.4 Å². The lowest BCUT2D eigenvalue weighted by Crippen LogP contribution is -2.36. The van der Waals surface area contributed by atoms with Crippen LogP contribution in [0.1, 0.15) is 5.56 Å². The lowest BCUT2D eigenvalue weighted by atomic mass is 9.78. The second-order valence-corrected chi connectivity index (χ2v) is 3.84. The van der Waals surface area contributed by atoms with Gasteiger partial charge in [0.05, 0.1) is 5.75 Å². The highest BCUT2D eigenvalue weighted by molar-refractivity contribution is 6.74. The molecule has 1 rings (SSSR count). The van der Waals surface area contributed by atoms with Gasteiger partial charge in [-0.25, -0.2) is 0 Å². The first kappa shape index (κ1) is 15.7. The van der Waals surface area contributed by atoms with Crippen LogP contribution in [0.5, 0.6) is 5.75 Å². The summed E-state index contributed by atoms with van der Waals surface area (Å²) >= 11 is 0. The van der Waals surface area contributed by atoms with Gasteiger partial charge in [0.1, 0.15) is 6.61 Å². The van der Waals surface area contributed by atoms with Gasteiger partial charge in [0, 0.05) is 0 Å². The van der Waals surface area contributed by atoms with E-state index in [9.17, 15) is 26.1 Å². The fraction of sp³-hybridized carbons (Fsp3) is 0.400. The molecule has 0 saturated heterocycles. The number of aryl methyl sites for hydroxylation is 1. The molecular formula is C10H10BF6O2-. The highest BCUT2D eigenvalue weighted by atomic mass is 19.4. The van der Waals surface area contributed by atoms with Gasteiger partial charge in [-0.1, -0.05) is 23.2 Å². The molecule has 1 aromatic carbocycles. The first-order valence-electron chi connectivity index (χ1n) is 5.17. The smallest absolute Gasteiger partial charge is 0.471 e. The van der Waals surface area contributed by atoms with E-state index in [0.29, 0.717) is 5.56 Å². The van der Waals surface area contributed by atoms with Crippen LogP contribution in [0.4, 0.5) is 26.1 Å². The Morgan fingerprint density at radius 2 is 1.79 bits per heavy atom. The fourth-order valence-corrected chi connectivity index (χ4v) is 1.32. The summed E-state index contributed by atoms with van der Waals surface area (Å²) in [6.45, 7) is -6.32. The molecule has 2 nitrogen and oxygen atoms in total. The minimum absolute atomic E-state index is 0.373. The summed E-state index contributed by atoms with van der Waals surface area (Å²) in [5.41, 5.74) is -0.617. The molecule has 19 heavy (non-hydrogen) atoms. The van der Waals surface area contributed by atoms with Crippen molar-refractivity contribution in [1.29, 1.82) is 0 Å². The van der Waals surface area contributed by atoms with E-state index in [1.54, 1.807) is 0 Å². The van der Waals surface area contributed by atoms with Crippen LogP contribution in [0.25, 0.3) is 0 Å². The number of rotatable bonds is 5. The van der Waals surface area contributed by atoms with Gasteiger partial charge < -0.3 is 22.4 Å². The van der Waals surface area contributed by atoms with Crippen molar-refractivity contribution >= 4 is 12.4 Å². The van der Waals surface area contributed by atoms with E-state index in [-0.39, 0.29) is 0 Å². The van der Waals surface area contributed by atoms with Crippen molar-refractivity contribution in [1.82, 2.24) is 0 Å². The second kappa shape index (κ2) is 5.73. The molecule has 0 aliphatic carbocycles. The van der Waals surface area contributed by atoms with E-state index < -0.39 is 37.8 Å². The Labute approximate surface area is 105 Å². The highest BCUT2D eigenvalue weighted by Gasteiger charge is 2.30. The first-order chi connectivity index (χ1) is 8.59. The molecule has 0 fully saturated rings. The molecule has 0 radical (unpaired) electrons. The number of halogens is 6. The topological polar surface area (TPSA) is 18.5 Å². The maximum Gasteiger partial charge on any atom is 0.513 e. The molecule has 0 heterocycles. The zero-order valence-corrected chi connectivity index (χ0v) is 9.81. The second-order valence-electron chi connectivity index (χ2n) is 3.84.